The Balaban J connectivity index is 1.97. The molecule has 0 aliphatic heterocycles. The van der Waals surface area contributed by atoms with Crippen LogP contribution in [-0.4, -0.2) is 50.2 Å². The molecule has 1 amide bonds. The third kappa shape index (κ3) is 5.31. The molecule has 1 N–H and O–H groups in total. The van der Waals surface area contributed by atoms with Crippen LogP contribution in [0.25, 0.3) is 0 Å². The minimum absolute atomic E-state index is 0.346. The molecule has 2 aromatic rings. The lowest BCUT2D eigenvalue weighted by Crippen LogP contribution is -2.30. The normalized spacial score (nSPS) is 12.5. The smallest absolute Gasteiger partial charge is 0.266 e. The van der Waals surface area contributed by atoms with Crippen LogP contribution < -0.4 is 14.4 Å². The van der Waals surface area contributed by atoms with Gasteiger partial charge in [0.1, 0.15) is 5.75 Å². The number of rotatable bonds is 7. The van der Waals surface area contributed by atoms with Crippen LogP contribution in [0.3, 0.4) is 0 Å². The molecular weight excluding hydrogens is 384 g/mol. The number of ether oxygens (including phenoxy) is 1. The van der Waals surface area contributed by atoms with Crippen molar-refractivity contribution in [2.45, 2.75) is 17.4 Å². The minimum atomic E-state index is -3.33. The van der Waals surface area contributed by atoms with E-state index < -0.39 is 16.1 Å². The van der Waals surface area contributed by atoms with Gasteiger partial charge in [-0.3, -0.25) is 14.4 Å². The molecule has 0 bridgehead atoms. The molecule has 1 heterocycles. The Morgan fingerprint density at radius 1 is 1.32 bits per heavy atom. The second-order valence-corrected chi connectivity index (χ2v) is 9.10. The fourth-order valence-electron chi connectivity index (χ4n) is 1.73. The van der Waals surface area contributed by atoms with E-state index in [4.69, 9.17) is 4.74 Å². The topological polar surface area (TPSA) is 101 Å². The van der Waals surface area contributed by atoms with Gasteiger partial charge in [0.2, 0.25) is 15.2 Å². The molecule has 1 aromatic heterocycles. The zero-order valence-corrected chi connectivity index (χ0v) is 16.5. The predicted octanol–water partition coefficient (Wildman–Crippen LogP) is 2.06. The molecule has 25 heavy (non-hydrogen) atoms. The molecule has 11 heteroatoms. The Bertz CT molecular complexity index is 836. The number of hydrogen-bond acceptors (Lipinski definition) is 8. The second kappa shape index (κ2) is 8.02. The van der Waals surface area contributed by atoms with Gasteiger partial charge in [-0.1, -0.05) is 23.1 Å². The molecule has 0 unspecified atom stereocenters. The summed E-state index contributed by atoms with van der Waals surface area (Å²) in [6, 6.07) is 6.43. The average molecular weight is 403 g/mol. The van der Waals surface area contributed by atoms with Crippen molar-refractivity contribution in [2.75, 3.05) is 29.2 Å². The molecule has 1 atom stereocenters. The molecule has 0 saturated heterocycles. The minimum Gasteiger partial charge on any atom is -0.481 e. The van der Waals surface area contributed by atoms with Gasteiger partial charge in [0.25, 0.3) is 5.91 Å². The van der Waals surface area contributed by atoms with Gasteiger partial charge in [0.05, 0.1) is 11.9 Å². The maximum absolute atomic E-state index is 12.1. The summed E-state index contributed by atoms with van der Waals surface area (Å²) in [5.41, 5.74) is 0.505. The average Bonchev–Trinajstić information content (AvgIpc) is 3.01. The summed E-state index contributed by atoms with van der Waals surface area (Å²) in [6.07, 6.45) is 2.25. The van der Waals surface area contributed by atoms with Crippen molar-refractivity contribution < 1.29 is 17.9 Å². The third-order valence-electron chi connectivity index (χ3n) is 3.19. The second-order valence-electron chi connectivity index (χ2n) is 5.05. The van der Waals surface area contributed by atoms with Gasteiger partial charge in [-0.15, -0.1) is 10.2 Å². The summed E-state index contributed by atoms with van der Waals surface area (Å²) < 4.78 is 30.5. The van der Waals surface area contributed by atoms with Crippen molar-refractivity contribution in [1.29, 1.82) is 0 Å². The largest absolute Gasteiger partial charge is 0.481 e. The summed E-state index contributed by atoms with van der Waals surface area (Å²) in [7, 11) is -1.86. The summed E-state index contributed by atoms with van der Waals surface area (Å²) in [5.74, 6) is 0.108. The van der Waals surface area contributed by atoms with Gasteiger partial charge in [-0.25, -0.2) is 8.42 Å². The predicted molar refractivity (Wildman–Crippen MR) is 100 cm³/mol. The number of thioether (sulfide) groups is 1. The number of benzene rings is 1. The highest BCUT2D eigenvalue weighted by Crippen LogP contribution is 2.24. The first-order valence-electron chi connectivity index (χ1n) is 7.09. The molecular formula is C14H18N4O4S3. The highest BCUT2D eigenvalue weighted by Gasteiger charge is 2.17. The highest BCUT2D eigenvalue weighted by molar-refractivity contribution is 8.00. The van der Waals surface area contributed by atoms with E-state index in [2.05, 4.69) is 15.5 Å². The molecule has 0 spiro atoms. The Hall–Kier alpha value is -1.85. The number of sulfonamides is 1. The third-order valence-corrected chi connectivity index (χ3v) is 6.21. The Morgan fingerprint density at radius 2 is 1.96 bits per heavy atom. The van der Waals surface area contributed by atoms with Crippen LogP contribution in [0.4, 0.5) is 10.8 Å². The first kappa shape index (κ1) is 19.5. The van der Waals surface area contributed by atoms with Crippen LogP contribution in [0, 0.1) is 0 Å². The van der Waals surface area contributed by atoms with E-state index in [1.54, 1.807) is 31.2 Å². The maximum atomic E-state index is 12.1. The summed E-state index contributed by atoms with van der Waals surface area (Å²) in [6.45, 7) is 1.61. The number of carbonyl (C=O) groups is 1. The zero-order valence-electron chi connectivity index (χ0n) is 14.1. The van der Waals surface area contributed by atoms with Crippen LogP contribution in [0.5, 0.6) is 5.75 Å². The number of anilines is 2. The van der Waals surface area contributed by atoms with Crippen LogP contribution in [-0.2, 0) is 14.8 Å². The Labute approximate surface area is 154 Å². The summed E-state index contributed by atoms with van der Waals surface area (Å²) >= 11 is 2.73. The highest BCUT2D eigenvalue weighted by atomic mass is 32.2. The lowest BCUT2D eigenvalue weighted by Gasteiger charge is -2.18. The van der Waals surface area contributed by atoms with Crippen molar-refractivity contribution >= 4 is 49.8 Å². The number of aromatic nitrogens is 2. The first-order chi connectivity index (χ1) is 11.7. The van der Waals surface area contributed by atoms with Crippen LogP contribution in [0.1, 0.15) is 6.92 Å². The zero-order chi connectivity index (χ0) is 18.6. The van der Waals surface area contributed by atoms with Crippen molar-refractivity contribution in [3.05, 3.63) is 24.3 Å². The van der Waals surface area contributed by atoms with Crippen molar-refractivity contribution in [3.63, 3.8) is 0 Å². The lowest BCUT2D eigenvalue weighted by atomic mass is 10.3. The number of carbonyl (C=O) groups excluding carboxylic acids is 1. The van der Waals surface area contributed by atoms with Crippen LogP contribution in [0.15, 0.2) is 28.6 Å². The first-order valence-corrected chi connectivity index (χ1v) is 11.0. The number of hydrogen-bond donors (Lipinski definition) is 1. The molecule has 0 saturated carbocycles. The fraction of sp³-hybridized carbons (Fsp3) is 0.357. The van der Waals surface area contributed by atoms with Crippen molar-refractivity contribution in [2.24, 2.45) is 0 Å². The van der Waals surface area contributed by atoms with E-state index >= 15 is 0 Å². The summed E-state index contributed by atoms with van der Waals surface area (Å²) in [4.78, 5) is 12.1. The SMILES string of the molecule is CSc1nnc(NC(=O)[C@H](C)Oc2ccc(N(C)S(C)(=O)=O)cc2)s1. The van der Waals surface area contributed by atoms with Crippen molar-refractivity contribution in [3.8, 4) is 5.75 Å². The van der Waals surface area contributed by atoms with Gasteiger partial charge in [-0.2, -0.15) is 0 Å². The Morgan fingerprint density at radius 3 is 2.48 bits per heavy atom. The number of nitrogens with zero attached hydrogens (tertiary/aromatic N) is 3. The molecule has 8 nitrogen and oxygen atoms in total. The fourth-order valence-corrected chi connectivity index (χ4v) is 3.41. The molecule has 0 aliphatic rings. The molecule has 0 fully saturated rings. The standard InChI is InChI=1S/C14H18N4O4S3/c1-9(12(19)15-13-16-17-14(23-3)24-13)22-11-7-5-10(6-8-11)18(2)25(4,20)21/h5-9H,1-4H3,(H,15,16,19)/t9-/m0/s1. The van der Waals surface area contributed by atoms with Gasteiger partial charge in [-0.05, 0) is 37.4 Å². The summed E-state index contributed by atoms with van der Waals surface area (Å²) in [5, 5.41) is 10.8. The molecule has 136 valence electrons. The van der Waals surface area contributed by atoms with E-state index in [9.17, 15) is 13.2 Å². The van der Waals surface area contributed by atoms with Gasteiger partial charge >= 0.3 is 0 Å². The monoisotopic (exact) mass is 402 g/mol. The lowest BCUT2D eigenvalue weighted by molar-refractivity contribution is -0.122. The maximum Gasteiger partial charge on any atom is 0.266 e. The van der Waals surface area contributed by atoms with E-state index in [0.717, 1.165) is 14.9 Å². The van der Waals surface area contributed by atoms with E-state index in [1.807, 2.05) is 6.26 Å². The van der Waals surface area contributed by atoms with E-state index in [1.165, 1.54) is 30.1 Å². The molecule has 0 radical (unpaired) electrons. The number of nitrogens with one attached hydrogen (secondary N) is 1. The van der Waals surface area contributed by atoms with Crippen molar-refractivity contribution in [1.82, 2.24) is 10.2 Å². The Kier molecular flexibility index (Phi) is 6.25. The number of amides is 1. The van der Waals surface area contributed by atoms with Gasteiger partial charge < -0.3 is 4.74 Å². The quantitative estimate of drug-likeness (QED) is 0.559. The van der Waals surface area contributed by atoms with Crippen LogP contribution >= 0.6 is 23.1 Å². The molecule has 2 rings (SSSR count). The van der Waals surface area contributed by atoms with Gasteiger partial charge in [0.15, 0.2) is 10.4 Å². The van der Waals surface area contributed by atoms with Crippen LogP contribution in [0.2, 0.25) is 0 Å². The van der Waals surface area contributed by atoms with E-state index in [-0.39, 0.29) is 5.91 Å². The van der Waals surface area contributed by atoms with E-state index in [0.29, 0.717) is 16.6 Å². The van der Waals surface area contributed by atoms with Gasteiger partial charge in [0, 0.05) is 7.05 Å². The molecule has 0 aliphatic carbocycles. The molecule has 1 aromatic carbocycles.